The first kappa shape index (κ1) is 37.3. The lowest BCUT2D eigenvalue weighted by Crippen LogP contribution is -2.10. The second-order valence-electron chi connectivity index (χ2n) is 16.5. The number of benzene rings is 11. The number of fused-ring (bicyclic) bond motifs is 6. The zero-order valence-electron chi connectivity index (χ0n) is 35.0. The summed E-state index contributed by atoms with van der Waals surface area (Å²) in [6.07, 6.45) is 0. The molecule has 1 aromatic heterocycles. The number of anilines is 3. The molecule has 0 atom stereocenters. The summed E-state index contributed by atoms with van der Waals surface area (Å²) in [6, 6.07) is 89.9. The summed E-state index contributed by atoms with van der Waals surface area (Å²) in [5.41, 5.74) is 16.7. The zero-order valence-corrected chi connectivity index (χ0v) is 35.0. The Bertz CT molecular complexity index is 3590. The second kappa shape index (κ2) is 15.8. The van der Waals surface area contributed by atoms with Gasteiger partial charge in [-0.3, -0.25) is 0 Å². The maximum atomic E-state index is 6.35. The molecule has 300 valence electrons. The van der Waals surface area contributed by atoms with Gasteiger partial charge in [0, 0.05) is 27.8 Å². The predicted octanol–water partition coefficient (Wildman–Crippen LogP) is 17.7. The predicted molar refractivity (Wildman–Crippen MR) is 271 cm³/mol. The number of para-hydroxylation sites is 1. The largest absolute Gasteiger partial charge is 0.456 e. The Morgan fingerprint density at radius 1 is 0.219 bits per heavy atom. The lowest BCUT2D eigenvalue weighted by atomic mass is 9.84. The average Bonchev–Trinajstić information content (AvgIpc) is 3.75. The van der Waals surface area contributed by atoms with Gasteiger partial charge in [0.25, 0.3) is 0 Å². The van der Waals surface area contributed by atoms with Gasteiger partial charge in [0.05, 0.1) is 0 Å². The summed E-state index contributed by atoms with van der Waals surface area (Å²) in [7, 11) is 0. The minimum Gasteiger partial charge on any atom is -0.456 e. The first-order chi connectivity index (χ1) is 31.7. The molecule has 0 aliphatic carbocycles. The fraction of sp³-hybridized carbons (Fsp3) is 0. The molecular formula is C62H41NO. The van der Waals surface area contributed by atoms with Gasteiger partial charge in [-0.05, 0) is 138 Å². The van der Waals surface area contributed by atoms with Gasteiger partial charge in [-0.15, -0.1) is 0 Å². The van der Waals surface area contributed by atoms with E-state index in [1.807, 2.05) is 12.1 Å². The Balaban J connectivity index is 1.09. The summed E-state index contributed by atoms with van der Waals surface area (Å²) in [5, 5.41) is 7.15. The average molecular weight is 816 g/mol. The van der Waals surface area contributed by atoms with Crippen molar-refractivity contribution in [3.63, 3.8) is 0 Å². The summed E-state index contributed by atoms with van der Waals surface area (Å²) in [4.78, 5) is 2.40. The molecule has 12 rings (SSSR count). The van der Waals surface area contributed by atoms with Crippen LogP contribution in [0.5, 0.6) is 0 Å². The molecule has 0 spiro atoms. The highest BCUT2D eigenvalue weighted by Crippen LogP contribution is 2.47. The number of hydrogen-bond acceptors (Lipinski definition) is 2. The zero-order chi connectivity index (χ0) is 42.4. The molecule has 0 unspecified atom stereocenters. The van der Waals surface area contributed by atoms with Gasteiger partial charge < -0.3 is 9.32 Å². The van der Waals surface area contributed by atoms with Crippen molar-refractivity contribution in [1.82, 2.24) is 0 Å². The first-order valence-corrected chi connectivity index (χ1v) is 21.9. The Labute approximate surface area is 372 Å². The van der Waals surface area contributed by atoms with Crippen LogP contribution in [0.4, 0.5) is 17.1 Å². The molecule has 0 aliphatic rings. The van der Waals surface area contributed by atoms with Crippen molar-refractivity contribution in [2.45, 2.75) is 0 Å². The van der Waals surface area contributed by atoms with E-state index in [4.69, 9.17) is 4.42 Å². The molecule has 2 nitrogen and oxygen atoms in total. The van der Waals surface area contributed by atoms with E-state index in [0.29, 0.717) is 0 Å². The third kappa shape index (κ3) is 6.61. The van der Waals surface area contributed by atoms with Crippen molar-refractivity contribution >= 4 is 60.5 Å². The van der Waals surface area contributed by atoms with E-state index in [2.05, 4.69) is 241 Å². The SMILES string of the molecule is c1ccc(-c2cc(-c3ccccc3)cc(N(c3cccc(-c4ccc5c(c4)c(-c4ccccc4)c(-c4ccccc4)c4ccccc45)c3)c3ccc4oc5ccccc5c4c3)c2)cc1. The van der Waals surface area contributed by atoms with Crippen LogP contribution in [0.1, 0.15) is 0 Å². The number of nitrogens with zero attached hydrogens (tertiary/aromatic N) is 1. The van der Waals surface area contributed by atoms with E-state index >= 15 is 0 Å². The van der Waals surface area contributed by atoms with E-state index in [1.165, 1.54) is 54.9 Å². The van der Waals surface area contributed by atoms with E-state index in [9.17, 15) is 0 Å². The highest BCUT2D eigenvalue weighted by atomic mass is 16.3. The molecule has 0 radical (unpaired) electrons. The number of hydrogen-bond donors (Lipinski definition) is 0. The number of furan rings is 1. The Hall–Kier alpha value is -8.46. The minimum absolute atomic E-state index is 0.870. The molecule has 0 bridgehead atoms. The van der Waals surface area contributed by atoms with Gasteiger partial charge in [-0.1, -0.05) is 188 Å². The molecule has 0 N–H and O–H groups in total. The van der Waals surface area contributed by atoms with Crippen LogP contribution in [-0.2, 0) is 0 Å². The van der Waals surface area contributed by atoms with Gasteiger partial charge in [0.1, 0.15) is 11.2 Å². The molecule has 0 saturated carbocycles. The first-order valence-electron chi connectivity index (χ1n) is 21.9. The van der Waals surface area contributed by atoms with Crippen molar-refractivity contribution in [2.75, 3.05) is 4.90 Å². The van der Waals surface area contributed by atoms with Crippen LogP contribution in [0.25, 0.3) is 99.1 Å². The maximum Gasteiger partial charge on any atom is 0.135 e. The van der Waals surface area contributed by atoms with Crippen LogP contribution < -0.4 is 4.90 Å². The van der Waals surface area contributed by atoms with E-state index < -0.39 is 0 Å². The van der Waals surface area contributed by atoms with Gasteiger partial charge in [0.15, 0.2) is 0 Å². The monoisotopic (exact) mass is 815 g/mol. The molecule has 0 saturated heterocycles. The Kier molecular flexibility index (Phi) is 9.20. The van der Waals surface area contributed by atoms with E-state index in [0.717, 1.165) is 61.3 Å². The van der Waals surface area contributed by atoms with Crippen LogP contribution >= 0.6 is 0 Å². The topological polar surface area (TPSA) is 16.4 Å². The molecule has 2 heteroatoms. The van der Waals surface area contributed by atoms with Crippen molar-refractivity contribution < 1.29 is 4.42 Å². The summed E-state index contributed by atoms with van der Waals surface area (Å²) in [6.45, 7) is 0. The molecule has 12 aromatic rings. The minimum atomic E-state index is 0.870. The molecule has 1 heterocycles. The van der Waals surface area contributed by atoms with Gasteiger partial charge in [-0.25, -0.2) is 0 Å². The molecule has 0 amide bonds. The van der Waals surface area contributed by atoms with Crippen molar-refractivity contribution in [1.29, 1.82) is 0 Å². The molecule has 0 aliphatic heterocycles. The van der Waals surface area contributed by atoms with Crippen LogP contribution in [0.2, 0.25) is 0 Å². The smallest absolute Gasteiger partial charge is 0.135 e. The van der Waals surface area contributed by atoms with Crippen LogP contribution in [0.3, 0.4) is 0 Å². The van der Waals surface area contributed by atoms with Crippen LogP contribution in [0.15, 0.2) is 253 Å². The highest BCUT2D eigenvalue weighted by Gasteiger charge is 2.21. The summed E-state index contributed by atoms with van der Waals surface area (Å²) in [5.74, 6) is 0. The fourth-order valence-corrected chi connectivity index (χ4v) is 9.64. The van der Waals surface area contributed by atoms with Crippen LogP contribution in [-0.4, -0.2) is 0 Å². The lowest BCUT2D eigenvalue weighted by molar-refractivity contribution is 0.669. The van der Waals surface area contributed by atoms with E-state index in [1.54, 1.807) is 0 Å². The molecule has 11 aromatic carbocycles. The fourth-order valence-electron chi connectivity index (χ4n) is 9.64. The van der Waals surface area contributed by atoms with Crippen molar-refractivity contribution in [2.24, 2.45) is 0 Å². The van der Waals surface area contributed by atoms with Crippen molar-refractivity contribution in [3.05, 3.63) is 249 Å². The van der Waals surface area contributed by atoms with E-state index in [-0.39, 0.29) is 0 Å². The summed E-state index contributed by atoms with van der Waals surface area (Å²) >= 11 is 0. The summed E-state index contributed by atoms with van der Waals surface area (Å²) < 4.78 is 6.35. The normalized spacial score (nSPS) is 11.4. The van der Waals surface area contributed by atoms with Gasteiger partial charge in [0.2, 0.25) is 0 Å². The van der Waals surface area contributed by atoms with Gasteiger partial charge >= 0.3 is 0 Å². The van der Waals surface area contributed by atoms with Crippen LogP contribution in [0, 0.1) is 0 Å². The molecule has 0 fully saturated rings. The highest BCUT2D eigenvalue weighted by molar-refractivity contribution is 6.22. The Morgan fingerprint density at radius 2 is 0.688 bits per heavy atom. The second-order valence-corrected chi connectivity index (χ2v) is 16.5. The molecule has 64 heavy (non-hydrogen) atoms. The third-order valence-corrected chi connectivity index (χ3v) is 12.6. The number of rotatable bonds is 8. The molecular weight excluding hydrogens is 775 g/mol. The van der Waals surface area contributed by atoms with Crippen molar-refractivity contribution in [3.8, 4) is 55.6 Å². The lowest BCUT2D eigenvalue weighted by Gasteiger charge is -2.27. The Morgan fingerprint density at radius 3 is 1.34 bits per heavy atom. The maximum absolute atomic E-state index is 6.35. The quantitative estimate of drug-likeness (QED) is 0.142. The third-order valence-electron chi connectivity index (χ3n) is 12.6. The van der Waals surface area contributed by atoms with Gasteiger partial charge in [-0.2, -0.15) is 0 Å². The standard InChI is InChI=1S/C62H41NO/c1-5-18-42(19-6-1)48-36-49(43-20-7-2-8-21-43)39-52(38-48)63(51-33-35-60-57(41-51)55-29-15-16-31-59(55)64-60)50-27-17-26-46(37-50)47-32-34-54-53-28-13-14-30-56(53)61(44-22-9-3-10-23-44)62(58(54)40-47)45-24-11-4-12-25-45/h1-41H.